The average Bonchev–Trinajstić information content (AvgIpc) is 2.21. The van der Waals surface area contributed by atoms with Gasteiger partial charge < -0.3 is 10.0 Å². The summed E-state index contributed by atoms with van der Waals surface area (Å²) in [5.74, 6) is 0.480. The number of likely N-dealkylation sites (tertiary alicyclic amines) is 1. The van der Waals surface area contributed by atoms with E-state index in [0.717, 1.165) is 26.1 Å². The van der Waals surface area contributed by atoms with Crippen LogP contribution in [0.4, 0.5) is 0 Å². The number of hydrogen-bond acceptors (Lipinski definition) is 2. The minimum Gasteiger partial charge on any atom is -0.396 e. The standard InChI is InChI=1S/C12H15Cl2NO/c13-11-2-1-9(5-12(11)14)3-4-15-6-10(7-15)8-16/h1-2,5,10,16H,3-4,6-8H2. The van der Waals surface area contributed by atoms with E-state index < -0.39 is 0 Å². The fourth-order valence-corrected chi connectivity index (χ4v) is 2.28. The van der Waals surface area contributed by atoms with Crippen LogP contribution >= 0.6 is 23.2 Å². The Bertz CT molecular complexity index is 364. The maximum absolute atomic E-state index is 8.90. The highest BCUT2D eigenvalue weighted by molar-refractivity contribution is 6.42. The van der Waals surface area contributed by atoms with Gasteiger partial charge in [-0.3, -0.25) is 0 Å². The third-order valence-electron chi connectivity index (χ3n) is 2.99. The van der Waals surface area contributed by atoms with Gasteiger partial charge in [0.15, 0.2) is 0 Å². The number of aliphatic hydroxyl groups excluding tert-OH is 1. The summed E-state index contributed by atoms with van der Waals surface area (Å²) in [5, 5.41) is 10.1. The maximum Gasteiger partial charge on any atom is 0.0595 e. The van der Waals surface area contributed by atoms with Gasteiger partial charge in [-0.2, -0.15) is 0 Å². The zero-order valence-electron chi connectivity index (χ0n) is 9.00. The molecule has 0 aromatic heterocycles. The molecule has 0 amide bonds. The lowest BCUT2D eigenvalue weighted by Crippen LogP contribution is -2.48. The van der Waals surface area contributed by atoms with Crippen LogP contribution < -0.4 is 0 Å². The third kappa shape index (κ3) is 2.89. The molecule has 1 aromatic rings. The molecule has 88 valence electrons. The van der Waals surface area contributed by atoms with Crippen molar-refractivity contribution in [3.8, 4) is 0 Å². The lowest BCUT2D eigenvalue weighted by atomic mass is 10.0. The van der Waals surface area contributed by atoms with Crippen LogP contribution in [0.1, 0.15) is 5.56 Å². The molecule has 0 radical (unpaired) electrons. The monoisotopic (exact) mass is 259 g/mol. The molecule has 1 N–H and O–H groups in total. The summed E-state index contributed by atoms with van der Waals surface area (Å²) in [6, 6.07) is 5.77. The first-order chi connectivity index (χ1) is 7.69. The fraction of sp³-hybridized carbons (Fsp3) is 0.500. The normalized spacial score (nSPS) is 17.4. The van der Waals surface area contributed by atoms with Crippen molar-refractivity contribution >= 4 is 23.2 Å². The van der Waals surface area contributed by atoms with Crippen LogP contribution in [0.15, 0.2) is 18.2 Å². The molecule has 0 bridgehead atoms. The second-order valence-electron chi connectivity index (χ2n) is 4.31. The summed E-state index contributed by atoms with van der Waals surface area (Å²) in [5.41, 5.74) is 1.21. The van der Waals surface area contributed by atoms with Crippen LogP contribution in [0.2, 0.25) is 10.0 Å². The highest BCUT2D eigenvalue weighted by Crippen LogP contribution is 2.23. The highest BCUT2D eigenvalue weighted by atomic mass is 35.5. The molecule has 2 nitrogen and oxygen atoms in total. The lowest BCUT2D eigenvalue weighted by molar-refractivity contribution is 0.0551. The fourth-order valence-electron chi connectivity index (χ4n) is 1.96. The first-order valence-corrected chi connectivity index (χ1v) is 6.22. The van der Waals surface area contributed by atoms with Crippen LogP contribution in [0.3, 0.4) is 0 Å². The number of benzene rings is 1. The molecule has 16 heavy (non-hydrogen) atoms. The van der Waals surface area contributed by atoms with Crippen LogP contribution in [-0.2, 0) is 6.42 Å². The van der Waals surface area contributed by atoms with E-state index in [0.29, 0.717) is 22.6 Å². The summed E-state index contributed by atoms with van der Waals surface area (Å²) in [6.45, 7) is 3.35. The van der Waals surface area contributed by atoms with Crippen LogP contribution in [0.5, 0.6) is 0 Å². The van der Waals surface area contributed by atoms with Crippen molar-refractivity contribution in [1.29, 1.82) is 0 Å². The van der Waals surface area contributed by atoms with Gasteiger partial charge in [0.25, 0.3) is 0 Å². The molecular weight excluding hydrogens is 245 g/mol. The summed E-state index contributed by atoms with van der Waals surface area (Å²) in [7, 11) is 0. The molecular formula is C12H15Cl2NO. The Morgan fingerprint density at radius 1 is 1.25 bits per heavy atom. The van der Waals surface area contributed by atoms with E-state index in [9.17, 15) is 0 Å². The highest BCUT2D eigenvalue weighted by Gasteiger charge is 2.24. The van der Waals surface area contributed by atoms with Gasteiger partial charge in [-0.1, -0.05) is 29.3 Å². The Kier molecular flexibility index (Phi) is 4.09. The summed E-state index contributed by atoms with van der Waals surface area (Å²) >= 11 is 11.8. The van der Waals surface area contributed by atoms with Crippen molar-refractivity contribution < 1.29 is 5.11 Å². The van der Waals surface area contributed by atoms with E-state index in [1.54, 1.807) is 0 Å². The van der Waals surface area contributed by atoms with Crippen molar-refractivity contribution in [2.24, 2.45) is 5.92 Å². The van der Waals surface area contributed by atoms with E-state index in [-0.39, 0.29) is 0 Å². The number of halogens is 2. The topological polar surface area (TPSA) is 23.5 Å². The summed E-state index contributed by atoms with van der Waals surface area (Å²) in [6.07, 6.45) is 0.981. The molecule has 1 fully saturated rings. The largest absolute Gasteiger partial charge is 0.396 e. The number of hydrogen-bond donors (Lipinski definition) is 1. The number of rotatable bonds is 4. The van der Waals surface area contributed by atoms with Crippen LogP contribution in [0, 0.1) is 5.92 Å². The molecule has 0 saturated carbocycles. The van der Waals surface area contributed by atoms with E-state index >= 15 is 0 Å². The molecule has 1 heterocycles. The Hall–Kier alpha value is -0.280. The minimum atomic E-state index is 0.309. The lowest BCUT2D eigenvalue weighted by Gasteiger charge is -2.38. The van der Waals surface area contributed by atoms with Crippen LogP contribution in [-0.4, -0.2) is 36.2 Å². The van der Waals surface area contributed by atoms with E-state index in [1.807, 2.05) is 18.2 Å². The zero-order chi connectivity index (χ0) is 11.5. The molecule has 0 unspecified atom stereocenters. The quantitative estimate of drug-likeness (QED) is 0.898. The van der Waals surface area contributed by atoms with Crippen LogP contribution in [0.25, 0.3) is 0 Å². The molecule has 1 saturated heterocycles. The predicted molar refractivity (Wildman–Crippen MR) is 67.2 cm³/mol. The van der Waals surface area contributed by atoms with Gasteiger partial charge in [-0.25, -0.2) is 0 Å². The van der Waals surface area contributed by atoms with Gasteiger partial charge in [-0.05, 0) is 24.1 Å². The van der Waals surface area contributed by atoms with Gasteiger partial charge >= 0.3 is 0 Å². The van der Waals surface area contributed by atoms with Gasteiger partial charge in [0, 0.05) is 32.2 Å². The predicted octanol–water partition coefficient (Wildman–Crippen LogP) is 2.46. The first-order valence-electron chi connectivity index (χ1n) is 5.46. The molecule has 1 aliphatic rings. The Balaban J connectivity index is 1.80. The Labute approximate surface area is 106 Å². The van der Waals surface area contributed by atoms with Crippen molar-refractivity contribution in [3.05, 3.63) is 33.8 Å². The molecule has 1 aliphatic heterocycles. The molecule has 2 rings (SSSR count). The van der Waals surface area contributed by atoms with E-state index in [2.05, 4.69) is 4.90 Å². The molecule has 0 spiro atoms. The van der Waals surface area contributed by atoms with Crippen molar-refractivity contribution in [1.82, 2.24) is 4.90 Å². The molecule has 0 atom stereocenters. The van der Waals surface area contributed by atoms with E-state index in [1.165, 1.54) is 5.56 Å². The van der Waals surface area contributed by atoms with Gasteiger partial charge in [0.1, 0.15) is 0 Å². The Morgan fingerprint density at radius 2 is 2.00 bits per heavy atom. The summed E-state index contributed by atoms with van der Waals surface area (Å²) < 4.78 is 0. The van der Waals surface area contributed by atoms with Crippen molar-refractivity contribution in [3.63, 3.8) is 0 Å². The Morgan fingerprint density at radius 3 is 2.62 bits per heavy atom. The van der Waals surface area contributed by atoms with Gasteiger partial charge in [0.2, 0.25) is 0 Å². The second-order valence-corrected chi connectivity index (χ2v) is 5.12. The summed E-state index contributed by atoms with van der Waals surface area (Å²) in [4.78, 5) is 2.34. The van der Waals surface area contributed by atoms with Crippen molar-refractivity contribution in [2.75, 3.05) is 26.2 Å². The molecule has 0 aliphatic carbocycles. The van der Waals surface area contributed by atoms with Gasteiger partial charge in [0.05, 0.1) is 10.0 Å². The van der Waals surface area contributed by atoms with Gasteiger partial charge in [-0.15, -0.1) is 0 Å². The third-order valence-corrected chi connectivity index (χ3v) is 3.73. The smallest absolute Gasteiger partial charge is 0.0595 e. The zero-order valence-corrected chi connectivity index (χ0v) is 10.5. The minimum absolute atomic E-state index is 0.309. The number of nitrogens with zero attached hydrogens (tertiary/aromatic N) is 1. The van der Waals surface area contributed by atoms with E-state index in [4.69, 9.17) is 28.3 Å². The first kappa shape index (κ1) is 12.2. The SMILES string of the molecule is OCC1CN(CCc2ccc(Cl)c(Cl)c2)C1. The average molecular weight is 260 g/mol. The molecule has 4 heteroatoms. The van der Waals surface area contributed by atoms with Crippen molar-refractivity contribution in [2.45, 2.75) is 6.42 Å². The second kappa shape index (κ2) is 5.37. The maximum atomic E-state index is 8.90. The number of aliphatic hydroxyl groups is 1. The molecule has 1 aromatic carbocycles.